The number of rotatable bonds is 5. The number of benzene rings is 2. The van der Waals surface area contributed by atoms with Crippen molar-refractivity contribution in [1.82, 2.24) is 5.32 Å². The van der Waals surface area contributed by atoms with E-state index in [4.69, 9.17) is 0 Å². The smallest absolute Gasteiger partial charge is 0.251 e. The van der Waals surface area contributed by atoms with Crippen molar-refractivity contribution < 1.29 is 4.79 Å². The molecule has 0 heterocycles. The zero-order chi connectivity index (χ0) is 14.6. The number of hydrogen-bond donors (Lipinski definition) is 1. The molecule has 1 amide bonds. The number of fused-ring (bicyclic) bond motifs is 1. The van der Waals surface area contributed by atoms with Crippen LogP contribution in [-0.4, -0.2) is 16.8 Å². The molecule has 0 aliphatic carbocycles. The quantitative estimate of drug-likeness (QED) is 0.800. The highest BCUT2D eigenvalue weighted by Crippen LogP contribution is 2.19. The highest BCUT2D eigenvalue weighted by molar-refractivity contribution is 9.09. The summed E-state index contributed by atoms with van der Waals surface area (Å²) in [7, 11) is 0. The maximum absolute atomic E-state index is 12.4. The van der Waals surface area contributed by atoms with Crippen LogP contribution in [0.15, 0.2) is 42.5 Å². The monoisotopic (exact) mass is 333 g/mol. The molecule has 0 aromatic heterocycles. The second-order valence-electron chi connectivity index (χ2n) is 5.37. The third-order valence-electron chi connectivity index (χ3n) is 3.85. The minimum absolute atomic E-state index is 0.000975. The first-order chi connectivity index (χ1) is 9.58. The largest absolute Gasteiger partial charge is 0.347 e. The van der Waals surface area contributed by atoms with Gasteiger partial charge >= 0.3 is 0 Å². The third-order valence-corrected chi connectivity index (χ3v) is 4.25. The molecule has 3 heteroatoms. The molecule has 1 unspecified atom stereocenters. The van der Waals surface area contributed by atoms with Gasteiger partial charge in [-0.15, -0.1) is 0 Å². The Labute approximate surface area is 128 Å². The first-order valence-electron chi connectivity index (χ1n) is 6.95. The number of nitrogens with one attached hydrogen (secondary N) is 1. The van der Waals surface area contributed by atoms with Crippen molar-refractivity contribution in [2.45, 2.75) is 32.2 Å². The molecule has 2 aromatic carbocycles. The fourth-order valence-electron chi connectivity index (χ4n) is 2.21. The SMILES string of the molecule is CCC(C)(CCBr)NC(=O)c1ccc2ccccc2c1. The minimum Gasteiger partial charge on any atom is -0.347 e. The highest BCUT2D eigenvalue weighted by Gasteiger charge is 2.24. The van der Waals surface area contributed by atoms with E-state index in [1.807, 2.05) is 36.4 Å². The molecule has 0 aliphatic heterocycles. The van der Waals surface area contributed by atoms with Gasteiger partial charge in [-0.25, -0.2) is 0 Å². The number of hydrogen-bond acceptors (Lipinski definition) is 1. The Kier molecular flexibility index (Phi) is 4.81. The summed E-state index contributed by atoms with van der Waals surface area (Å²) in [6.45, 7) is 4.19. The van der Waals surface area contributed by atoms with E-state index in [0.717, 1.165) is 34.5 Å². The standard InChI is InChI=1S/C17H20BrNO/c1-3-17(2,10-11-18)19-16(20)15-9-8-13-6-4-5-7-14(13)12-15/h4-9,12H,3,10-11H2,1-2H3,(H,19,20). The van der Waals surface area contributed by atoms with Crippen LogP contribution in [0.4, 0.5) is 0 Å². The lowest BCUT2D eigenvalue weighted by molar-refractivity contribution is 0.0902. The van der Waals surface area contributed by atoms with Gasteiger partial charge in [0.1, 0.15) is 0 Å². The average molecular weight is 334 g/mol. The van der Waals surface area contributed by atoms with Gasteiger partial charge in [0.25, 0.3) is 5.91 Å². The van der Waals surface area contributed by atoms with Gasteiger partial charge in [-0.2, -0.15) is 0 Å². The highest BCUT2D eigenvalue weighted by atomic mass is 79.9. The predicted octanol–water partition coefficient (Wildman–Crippen LogP) is 4.52. The van der Waals surface area contributed by atoms with E-state index in [-0.39, 0.29) is 11.4 Å². The molecule has 0 bridgehead atoms. The molecule has 1 N–H and O–H groups in total. The summed E-state index contributed by atoms with van der Waals surface area (Å²) in [5, 5.41) is 6.29. The first-order valence-corrected chi connectivity index (χ1v) is 8.07. The average Bonchev–Trinajstić information content (AvgIpc) is 2.47. The van der Waals surface area contributed by atoms with Crippen LogP contribution < -0.4 is 5.32 Å². The van der Waals surface area contributed by atoms with Gasteiger partial charge in [0.15, 0.2) is 0 Å². The van der Waals surface area contributed by atoms with Gasteiger partial charge in [-0.05, 0) is 42.7 Å². The third kappa shape index (κ3) is 3.40. The van der Waals surface area contributed by atoms with E-state index >= 15 is 0 Å². The normalized spacial score (nSPS) is 13.9. The van der Waals surface area contributed by atoms with Gasteiger partial charge in [-0.1, -0.05) is 53.2 Å². The molecule has 1 atom stereocenters. The summed E-state index contributed by atoms with van der Waals surface area (Å²) < 4.78 is 0. The summed E-state index contributed by atoms with van der Waals surface area (Å²) in [5.74, 6) is 0.000975. The van der Waals surface area contributed by atoms with Crippen LogP contribution >= 0.6 is 15.9 Å². The van der Waals surface area contributed by atoms with E-state index in [2.05, 4.69) is 41.2 Å². The molecular formula is C17H20BrNO. The number of carbonyl (C=O) groups excluding carboxylic acids is 1. The Bertz CT molecular complexity index is 611. The number of alkyl halides is 1. The fraction of sp³-hybridized carbons (Fsp3) is 0.353. The van der Waals surface area contributed by atoms with Crippen LogP contribution in [0.2, 0.25) is 0 Å². The minimum atomic E-state index is -0.160. The Morgan fingerprint density at radius 1 is 1.20 bits per heavy atom. The Morgan fingerprint density at radius 2 is 1.90 bits per heavy atom. The molecule has 0 radical (unpaired) electrons. The van der Waals surface area contributed by atoms with Crippen LogP contribution in [0.25, 0.3) is 10.8 Å². The van der Waals surface area contributed by atoms with Crippen molar-refractivity contribution >= 4 is 32.6 Å². The topological polar surface area (TPSA) is 29.1 Å². The van der Waals surface area contributed by atoms with Gasteiger partial charge in [0.2, 0.25) is 0 Å². The first kappa shape index (κ1) is 15.0. The molecule has 0 fully saturated rings. The maximum Gasteiger partial charge on any atom is 0.251 e. The summed E-state index contributed by atoms with van der Waals surface area (Å²) >= 11 is 3.45. The Balaban J connectivity index is 2.22. The summed E-state index contributed by atoms with van der Waals surface area (Å²) in [6, 6.07) is 13.9. The van der Waals surface area contributed by atoms with Crippen molar-refractivity contribution in [3.63, 3.8) is 0 Å². The summed E-state index contributed by atoms with van der Waals surface area (Å²) in [4.78, 5) is 12.4. The molecular weight excluding hydrogens is 314 g/mol. The van der Waals surface area contributed by atoms with Crippen molar-refractivity contribution in [2.75, 3.05) is 5.33 Å². The Morgan fingerprint density at radius 3 is 2.55 bits per heavy atom. The van der Waals surface area contributed by atoms with Crippen molar-refractivity contribution in [1.29, 1.82) is 0 Å². The second-order valence-corrected chi connectivity index (χ2v) is 6.16. The lowest BCUT2D eigenvalue weighted by Crippen LogP contribution is -2.45. The molecule has 0 spiro atoms. The van der Waals surface area contributed by atoms with E-state index in [1.54, 1.807) is 0 Å². The van der Waals surface area contributed by atoms with Gasteiger partial charge in [-0.3, -0.25) is 4.79 Å². The molecule has 2 nitrogen and oxygen atoms in total. The van der Waals surface area contributed by atoms with Crippen LogP contribution in [0.3, 0.4) is 0 Å². The van der Waals surface area contributed by atoms with Crippen LogP contribution in [-0.2, 0) is 0 Å². The maximum atomic E-state index is 12.4. The van der Waals surface area contributed by atoms with Crippen LogP contribution in [0, 0.1) is 0 Å². The van der Waals surface area contributed by atoms with E-state index in [0.29, 0.717) is 0 Å². The van der Waals surface area contributed by atoms with Gasteiger partial charge in [0.05, 0.1) is 0 Å². The number of halogens is 1. The molecule has 2 rings (SSSR count). The van der Waals surface area contributed by atoms with Gasteiger partial charge in [0, 0.05) is 16.4 Å². The number of carbonyl (C=O) groups is 1. The predicted molar refractivity (Wildman–Crippen MR) is 88.5 cm³/mol. The zero-order valence-electron chi connectivity index (χ0n) is 11.9. The van der Waals surface area contributed by atoms with Gasteiger partial charge < -0.3 is 5.32 Å². The molecule has 106 valence electrons. The van der Waals surface area contributed by atoms with Crippen LogP contribution in [0.1, 0.15) is 37.0 Å². The van der Waals surface area contributed by atoms with Crippen LogP contribution in [0.5, 0.6) is 0 Å². The fourth-order valence-corrected chi connectivity index (χ4v) is 3.09. The Hall–Kier alpha value is -1.35. The molecule has 0 aliphatic rings. The van der Waals surface area contributed by atoms with E-state index < -0.39 is 0 Å². The zero-order valence-corrected chi connectivity index (χ0v) is 13.5. The molecule has 2 aromatic rings. The number of amides is 1. The van der Waals surface area contributed by atoms with Crippen molar-refractivity contribution in [2.24, 2.45) is 0 Å². The lowest BCUT2D eigenvalue weighted by atomic mass is 9.95. The molecule has 0 saturated heterocycles. The van der Waals surface area contributed by atoms with E-state index in [9.17, 15) is 4.79 Å². The van der Waals surface area contributed by atoms with Crippen molar-refractivity contribution in [3.8, 4) is 0 Å². The summed E-state index contributed by atoms with van der Waals surface area (Å²) in [5.41, 5.74) is 0.560. The summed E-state index contributed by atoms with van der Waals surface area (Å²) in [6.07, 6.45) is 1.83. The molecule has 20 heavy (non-hydrogen) atoms. The second kappa shape index (κ2) is 6.40. The van der Waals surface area contributed by atoms with E-state index in [1.165, 1.54) is 0 Å². The molecule has 0 saturated carbocycles. The van der Waals surface area contributed by atoms with Crippen molar-refractivity contribution in [3.05, 3.63) is 48.0 Å². The lowest BCUT2D eigenvalue weighted by Gasteiger charge is -2.29.